The number of nitrogens with zero attached hydrogens (tertiary/aromatic N) is 2. The highest BCUT2D eigenvalue weighted by atomic mass is 35.5. The third kappa shape index (κ3) is 4.86. The number of rotatable bonds is 6. The Morgan fingerprint density at radius 3 is 2.57 bits per heavy atom. The highest BCUT2D eigenvalue weighted by Gasteiger charge is 2.17. The number of carbonyl (C=O) groups is 1. The summed E-state index contributed by atoms with van der Waals surface area (Å²) in [4.78, 5) is 21.5. The molecule has 3 aromatic rings. The van der Waals surface area contributed by atoms with Crippen LogP contribution in [0.15, 0.2) is 42.6 Å². The highest BCUT2D eigenvalue weighted by Crippen LogP contribution is 2.30. The molecule has 0 aliphatic rings. The number of halogens is 2. The van der Waals surface area contributed by atoms with E-state index in [4.69, 9.17) is 16.3 Å². The van der Waals surface area contributed by atoms with E-state index in [1.165, 1.54) is 31.5 Å². The maximum atomic E-state index is 13.7. The zero-order valence-electron chi connectivity index (χ0n) is 17.1. The minimum Gasteiger partial charge on any atom is -0.481 e. The van der Waals surface area contributed by atoms with Crippen molar-refractivity contribution < 1.29 is 13.9 Å². The molecule has 0 bridgehead atoms. The molecule has 2 aromatic heterocycles. The van der Waals surface area contributed by atoms with Crippen molar-refractivity contribution in [3.63, 3.8) is 0 Å². The molecule has 2 N–H and O–H groups in total. The van der Waals surface area contributed by atoms with Gasteiger partial charge in [-0.2, -0.15) is 0 Å². The lowest BCUT2D eigenvalue weighted by molar-refractivity contribution is 0.102. The topological polar surface area (TPSA) is 76.1 Å². The van der Waals surface area contributed by atoms with E-state index in [-0.39, 0.29) is 17.3 Å². The first-order chi connectivity index (χ1) is 14.3. The van der Waals surface area contributed by atoms with Crippen LogP contribution in [0.25, 0.3) is 0 Å². The predicted molar refractivity (Wildman–Crippen MR) is 116 cm³/mol. The minimum absolute atomic E-state index is 0.0702. The van der Waals surface area contributed by atoms with Gasteiger partial charge in [0.05, 0.1) is 29.1 Å². The molecule has 30 heavy (non-hydrogen) atoms. The Hall–Kier alpha value is -3.19. The van der Waals surface area contributed by atoms with E-state index in [2.05, 4.69) is 20.6 Å². The Balaban J connectivity index is 1.94. The molecule has 0 atom stereocenters. The SMILES string of the molecule is COc1ccc(NC(=O)c2cc(Cl)cnc2Nc2ccc(F)cc2C(C)C)c(C)n1. The van der Waals surface area contributed by atoms with Crippen molar-refractivity contribution in [1.82, 2.24) is 9.97 Å². The second kappa shape index (κ2) is 9.09. The molecule has 0 radical (unpaired) electrons. The van der Waals surface area contributed by atoms with Gasteiger partial charge in [0.25, 0.3) is 5.91 Å². The molecule has 0 saturated carbocycles. The molecule has 1 amide bonds. The minimum atomic E-state index is -0.407. The van der Waals surface area contributed by atoms with E-state index in [0.717, 1.165) is 5.56 Å². The van der Waals surface area contributed by atoms with Crippen molar-refractivity contribution in [3.8, 4) is 5.88 Å². The third-order valence-corrected chi connectivity index (χ3v) is 4.71. The van der Waals surface area contributed by atoms with Crippen molar-refractivity contribution in [2.24, 2.45) is 0 Å². The van der Waals surface area contributed by atoms with E-state index in [0.29, 0.717) is 33.8 Å². The van der Waals surface area contributed by atoms with Crippen LogP contribution in [-0.4, -0.2) is 23.0 Å². The lowest BCUT2D eigenvalue weighted by atomic mass is 10.0. The number of carbonyl (C=O) groups excluding carboxylic acids is 1. The van der Waals surface area contributed by atoms with Crippen LogP contribution < -0.4 is 15.4 Å². The second-order valence-corrected chi connectivity index (χ2v) is 7.44. The van der Waals surface area contributed by atoms with E-state index < -0.39 is 5.91 Å². The number of aryl methyl sites for hydroxylation is 1. The van der Waals surface area contributed by atoms with Crippen molar-refractivity contribution in [2.75, 3.05) is 17.7 Å². The van der Waals surface area contributed by atoms with E-state index in [9.17, 15) is 9.18 Å². The fourth-order valence-electron chi connectivity index (χ4n) is 2.94. The summed E-state index contributed by atoms with van der Waals surface area (Å²) in [5, 5.41) is 6.28. The number of amides is 1. The van der Waals surface area contributed by atoms with Crippen LogP contribution in [0.4, 0.5) is 21.6 Å². The molecule has 8 heteroatoms. The Morgan fingerprint density at radius 2 is 1.90 bits per heavy atom. The number of ether oxygens (including phenoxy) is 1. The number of pyridine rings is 2. The van der Waals surface area contributed by atoms with Gasteiger partial charge >= 0.3 is 0 Å². The first kappa shape index (κ1) is 21.5. The van der Waals surface area contributed by atoms with E-state index in [1.54, 1.807) is 25.1 Å². The number of hydrogen-bond donors (Lipinski definition) is 2. The van der Waals surface area contributed by atoms with Gasteiger partial charge in [-0.3, -0.25) is 4.79 Å². The van der Waals surface area contributed by atoms with Crippen LogP contribution in [0, 0.1) is 12.7 Å². The summed E-state index contributed by atoms with van der Waals surface area (Å²) < 4.78 is 18.8. The van der Waals surface area contributed by atoms with Crippen molar-refractivity contribution >= 4 is 34.7 Å². The molecule has 1 aromatic carbocycles. The fourth-order valence-corrected chi connectivity index (χ4v) is 3.10. The number of methoxy groups -OCH3 is 1. The normalized spacial score (nSPS) is 10.8. The van der Waals surface area contributed by atoms with Crippen LogP contribution in [0.1, 0.15) is 41.4 Å². The molecular formula is C22H22ClFN4O2. The van der Waals surface area contributed by atoms with Gasteiger partial charge in [-0.15, -0.1) is 0 Å². The van der Waals surface area contributed by atoms with Gasteiger partial charge in [0.15, 0.2) is 0 Å². The van der Waals surface area contributed by atoms with Crippen LogP contribution in [0.5, 0.6) is 5.88 Å². The van der Waals surface area contributed by atoms with Gasteiger partial charge in [-0.25, -0.2) is 14.4 Å². The Morgan fingerprint density at radius 1 is 1.17 bits per heavy atom. The molecule has 0 unspecified atom stereocenters. The summed E-state index contributed by atoms with van der Waals surface area (Å²) in [6.07, 6.45) is 1.44. The molecule has 0 aliphatic heterocycles. The quantitative estimate of drug-likeness (QED) is 0.526. The number of hydrogen-bond acceptors (Lipinski definition) is 5. The first-order valence-corrected chi connectivity index (χ1v) is 9.71. The van der Waals surface area contributed by atoms with Gasteiger partial charge < -0.3 is 15.4 Å². The predicted octanol–water partition coefficient (Wildman–Crippen LogP) is 5.71. The molecule has 0 aliphatic carbocycles. The molecule has 6 nitrogen and oxygen atoms in total. The fraction of sp³-hybridized carbons (Fsp3) is 0.227. The summed E-state index contributed by atoms with van der Waals surface area (Å²) in [7, 11) is 1.52. The van der Waals surface area contributed by atoms with Gasteiger partial charge in [-0.1, -0.05) is 25.4 Å². The molecule has 0 spiro atoms. The monoisotopic (exact) mass is 428 g/mol. The summed E-state index contributed by atoms with van der Waals surface area (Å²) >= 11 is 6.09. The molecular weight excluding hydrogens is 407 g/mol. The molecule has 2 heterocycles. The van der Waals surface area contributed by atoms with Crippen LogP contribution in [0.2, 0.25) is 5.02 Å². The Bertz CT molecular complexity index is 1090. The summed E-state index contributed by atoms with van der Waals surface area (Å²) in [5.74, 6) is 0.102. The smallest absolute Gasteiger partial charge is 0.259 e. The number of anilines is 3. The van der Waals surface area contributed by atoms with Crippen molar-refractivity contribution in [2.45, 2.75) is 26.7 Å². The van der Waals surface area contributed by atoms with Crippen LogP contribution >= 0.6 is 11.6 Å². The number of aromatic nitrogens is 2. The van der Waals surface area contributed by atoms with E-state index >= 15 is 0 Å². The molecule has 3 rings (SSSR count). The largest absolute Gasteiger partial charge is 0.481 e. The van der Waals surface area contributed by atoms with Gasteiger partial charge in [0.1, 0.15) is 11.6 Å². The van der Waals surface area contributed by atoms with Gasteiger partial charge in [-0.05, 0) is 48.7 Å². The number of nitrogens with one attached hydrogen (secondary N) is 2. The van der Waals surface area contributed by atoms with Gasteiger partial charge in [0, 0.05) is 18.0 Å². The maximum Gasteiger partial charge on any atom is 0.259 e. The van der Waals surface area contributed by atoms with Crippen LogP contribution in [-0.2, 0) is 0 Å². The highest BCUT2D eigenvalue weighted by molar-refractivity contribution is 6.31. The molecule has 0 saturated heterocycles. The molecule has 0 fully saturated rings. The summed E-state index contributed by atoms with van der Waals surface area (Å²) in [6.45, 7) is 5.69. The van der Waals surface area contributed by atoms with Crippen molar-refractivity contribution in [3.05, 3.63) is 70.3 Å². The Labute approximate surface area is 179 Å². The second-order valence-electron chi connectivity index (χ2n) is 7.00. The van der Waals surface area contributed by atoms with Crippen LogP contribution in [0.3, 0.4) is 0 Å². The lowest BCUT2D eigenvalue weighted by Crippen LogP contribution is -2.16. The first-order valence-electron chi connectivity index (χ1n) is 9.33. The van der Waals surface area contributed by atoms with E-state index in [1.807, 2.05) is 13.8 Å². The summed E-state index contributed by atoms with van der Waals surface area (Å²) in [6, 6.07) is 9.34. The standard InChI is InChI=1S/C22H22ClFN4O2/c1-12(2)16-10-15(24)5-6-19(16)27-21-17(9-14(23)11-25-21)22(29)28-18-7-8-20(30-4)26-13(18)3/h5-12H,1-4H3,(H,25,27)(H,28,29). The Kier molecular flexibility index (Phi) is 6.52. The maximum absolute atomic E-state index is 13.7. The molecule has 156 valence electrons. The van der Waals surface area contributed by atoms with Crippen molar-refractivity contribution in [1.29, 1.82) is 0 Å². The van der Waals surface area contributed by atoms with Gasteiger partial charge in [0.2, 0.25) is 5.88 Å². The third-order valence-electron chi connectivity index (χ3n) is 4.51. The lowest BCUT2D eigenvalue weighted by Gasteiger charge is -2.17. The average Bonchev–Trinajstić information content (AvgIpc) is 2.71. The zero-order valence-corrected chi connectivity index (χ0v) is 17.8. The zero-order chi connectivity index (χ0) is 21.8. The summed E-state index contributed by atoms with van der Waals surface area (Å²) in [5.41, 5.74) is 2.83. The average molecular weight is 429 g/mol. The number of benzene rings is 1.